The monoisotopic (exact) mass is 240 g/mol. The van der Waals surface area contributed by atoms with Crippen LogP contribution in [0.4, 0.5) is 0 Å². The van der Waals surface area contributed by atoms with Gasteiger partial charge in [0.1, 0.15) is 6.10 Å². The molecule has 2 N–H and O–H groups in total. The van der Waals surface area contributed by atoms with Gasteiger partial charge >= 0.3 is 5.97 Å². The maximum absolute atomic E-state index is 11.4. The van der Waals surface area contributed by atoms with Crippen LogP contribution in [-0.2, 0) is 14.4 Å². The van der Waals surface area contributed by atoms with Gasteiger partial charge in [0.25, 0.3) is 0 Å². The molecule has 94 valence electrons. The third kappa shape index (κ3) is 3.18. The van der Waals surface area contributed by atoms with Crippen molar-refractivity contribution in [2.45, 2.75) is 50.7 Å². The molecule has 2 heterocycles. The summed E-state index contributed by atoms with van der Waals surface area (Å²) in [6.45, 7) is 0. The summed E-state index contributed by atoms with van der Waals surface area (Å²) >= 11 is 0. The van der Waals surface area contributed by atoms with E-state index in [0.29, 0.717) is 19.3 Å². The van der Waals surface area contributed by atoms with Crippen molar-refractivity contribution in [2.75, 3.05) is 0 Å². The molecule has 0 aromatic rings. The average molecular weight is 240 g/mol. The van der Waals surface area contributed by atoms with E-state index in [-0.39, 0.29) is 23.8 Å². The third-order valence-corrected chi connectivity index (χ3v) is 3.10. The predicted molar refractivity (Wildman–Crippen MR) is 59.6 cm³/mol. The lowest BCUT2D eigenvalue weighted by Gasteiger charge is -2.18. The molecule has 2 aliphatic rings. The highest BCUT2D eigenvalue weighted by atomic mass is 16.6. The number of nitrogens with one attached hydrogen (secondary N) is 1. The second-order valence-corrected chi connectivity index (χ2v) is 4.52. The van der Waals surface area contributed by atoms with E-state index >= 15 is 0 Å². The second kappa shape index (κ2) is 5.16. The molecule has 2 unspecified atom stereocenters. The van der Waals surface area contributed by atoms with Crippen LogP contribution in [0.15, 0.2) is 5.16 Å². The van der Waals surface area contributed by atoms with Crippen LogP contribution in [-0.4, -0.2) is 34.8 Å². The lowest BCUT2D eigenvalue weighted by molar-refractivity contribution is -0.129. The van der Waals surface area contributed by atoms with Gasteiger partial charge in [-0.05, 0) is 12.8 Å². The van der Waals surface area contributed by atoms with Crippen molar-refractivity contribution < 1.29 is 19.5 Å². The first-order valence-corrected chi connectivity index (χ1v) is 5.90. The Balaban J connectivity index is 1.82. The molecular formula is C11H16N2O4. The Morgan fingerprint density at radius 2 is 2.35 bits per heavy atom. The Kier molecular flexibility index (Phi) is 3.61. The van der Waals surface area contributed by atoms with Gasteiger partial charge in [-0.2, -0.15) is 0 Å². The summed E-state index contributed by atoms with van der Waals surface area (Å²) in [5.74, 6) is -0.956. The molecular weight excluding hydrogens is 224 g/mol. The van der Waals surface area contributed by atoms with Gasteiger partial charge < -0.3 is 15.3 Å². The molecule has 0 saturated carbocycles. The molecule has 6 nitrogen and oxygen atoms in total. The number of hydrogen-bond donors (Lipinski definition) is 2. The zero-order chi connectivity index (χ0) is 12.3. The van der Waals surface area contributed by atoms with E-state index in [1.165, 1.54) is 0 Å². The Labute approximate surface area is 99.0 Å². The van der Waals surface area contributed by atoms with E-state index in [2.05, 4.69) is 10.5 Å². The van der Waals surface area contributed by atoms with E-state index in [4.69, 9.17) is 9.94 Å². The van der Waals surface area contributed by atoms with Gasteiger partial charge in [-0.25, -0.2) is 4.79 Å². The van der Waals surface area contributed by atoms with Gasteiger partial charge in [-0.1, -0.05) is 11.6 Å². The largest absolute Gasteiger partial charge is 0.477 e. The van der Waals surface area contributed by atoms with Crippen LogP contribution in [0.1, 0.15) is 38.5 Å². The molecule has 2 aliphatic heterocycles. The molecule has 0 spiro atoms. The van der Waals surface area contributed by atoms with Gasteiger partial charge in [-0.3, -0.25) is 4.79 Å². The standard InChI is InChI=1S/C11H16N2O4/c14-10-4-2-1-3-7(12-10)5-8-6-9(11(15)16)13-17-8/h7-8H,1-6H2,(H,12,14)(H,15,16). The molecule has 0 bridgehead atoms. The fourth-order valence-electron chi connectivity index (χ4n) is 2.22. The zero-order valence-corrected chi connectivity index (χ0v) is 9.52. The van der Waals surface area contributed by atoms with Crippen molar-refractivity contribution in [3.05, 3.63) is 0 Å². The van der Waals surface area contributed by atoms with Gasteiger partial charge in [0.15, 0.2) is 5.71 Å². The normalized spacial score (nSPS) is 28.9. The maximum Gasteiger partial charge on any atom is 0.353 e. The lowest BCUT2D eigenvalue weighted by Crippen LogP contribution is -2.35. The van der Waals surface area contributed by atoms with Crippen LogP contribution in [0, 0.1) is 0 Å². The van der Waals surface area contributed by atoms with Crippen molar-refractivity contribution in [1.82, 2.24) is 5.32 Å². The molecule has 0 aromatic heterocycles. The highest BCUT2D eigenvalue weighted by Crippen LogP contribution is 2.20. The van der Waals surface area contributed by atoms with Crippen molar-refractivity contribution in [3.8, 4) is 0 Å². The first-order chi connectivity index (χ1) is 8.15. The van der Waals surface area contributed by atoms with Crippen LogP contribution in [0.3, 0.4) is 0 Å². The molecule has 6 heteroatoms. The van der Waals surface area contributed by atoms with Gasteiger partial charge in [0, 0.05) is 25.3 Å². The number of hydrogen-bond acceptors (Lipinski definition) is 4. The van der Waals surface area contributed by atoms with E-state index < -0.39 is 5.97 Å². The Hall–Kier alpha value is -1.59. The van der Waals surface area contributed by atoms with Crippen molar-refractivity contribution in [2.24, 2.45) is 5.16 Å². The number of amides is 1. The zero-order valence-electron chi connectivity index (χ0n) is 9.52. The van der Waals surface area contributed by atoms with Crippen LogP contribution >= 0.6 is 0 Å². The van der Waals surface area contributed by atoms with Gasteiger partial charge in [0.05, 0.1) is 0 Å². The van der Waals surface area contributed by atoms with E-state index in [9.17, 15) is 9.59 Å². The van der Waals surface area contributed by atoms with E-state index in [1.54, 1.807) is 0 Å². The minimum atomic E-state index is -1.03. The molecule has 0 aliphatic carbocycles. The number of carbonyl (C=O) groups is 2. The quantitative estimate of drug-likeness (QED) is 0.758. The van der Waals surface area contributed by atoms with E-state index in [1.807, 2.05) is 0 Å². The van der Waals surface area contributed by atoms with Gasteiger partial charge in [0.2, 0.25) is 5.91 Å². The first kappa shape index (κ1) is 11.9. The number of carboxylic acid groups (broad SMARTS) is 1. The Bertz CT molecular complexity index is 353. The Morgan fingerprint density at radius 3 is 3.06 bits per heavy atom. The summed E-state index contributed by atoms with van der Waals surface area (Å²) in [5, 5.41) is 15.2. The predicted octanol–water partition coefficient (Wildman–Crippen LogP) is 0.665. The fraction of sp³-hybridized carbons (Fsp3) is 0.727. The van der Waals surface area contributed by atoms with Crippen LogP contribution in [0.25, 0.3) is 0 Å². The number of rotatable bonds is 3. The SMILES string of the molecule is O=C1CCCCC(CC2CC(C(=O)O)=NO2)N1. The lowest BCUT2D eigenvalue weighted by atomic mass is 10.0. The van der Waals surface area contributed by atoms with Crippen molar-refractivity contribution >= 4 is 17.6 Å². The summed E-state index contributed by atoms with van der Waals surface area (Å²) in [4.78, 5) is 27.1. The molecule has 2 rings (SSSR count). The summed E-state index contributed by atoms with van der Waals surface area (Å²) in [6.07, 6.45) is 4.18. The molecule has 0 radical (unpaired) electrons. The second-order valence-electron chi connectivity index (χ2n) is 4.52. The number of carbonyl (C=O) groups excluding carboxylic acids is 1. The topological polar surface area (TPSA) is 88.0 Å². The molecule has 1 saturated heterocycles. The third-order valence-electron chi connectivity index (χ3n) is 3.10. The maximum atomic E-state index is 11.4. The van der Waals surface area contributed by atoms with Crippen LogP contribution in [0.5, 0.6) is 0 Å². The van der Waals surface area contributed by atoms with Crippen molar-refractivity contribution in [1.29, 1.82) is 0 Å². The van der Waals surface area contributed by atoms with Crippen LogP contribution in [0.2, 0.25) is 0 Å². The average Bonchev–Trinajstić information content (AvgIpc) is 2.63. The molecule has 17 heavy (non-hydrogen) atoms. The summed E-state index contributed by atoms with van der Waals surface area (Å²) < 4.78 is 0. The first-order valence-electron chi connectivity index (χ1n) is 5.90. The number of carboxylic acids is 1. The highest BCUT2D eigenvalue weighted by Gasteiger charge is 2.29. The summed E-state index contributed by atoms with van der Waals surface area (Å²) in [7, 11) is 0. The number of nitrogens with zero attached hydrogens (tertiary/aromatic N) is 1. The van der Waals surface area contributed by atoms with E-state index in [0.717, 1.165) is 19.3 Å². The minimum absolute atomic E-state index is 0.0648. The fourth-order valence-corrected chi connectivity index (χ4v) is 2.22. The summed E-state index contributed by atoms with van der Waals surface area (Å²) in [6, 6.07) is 0.0818. The molecule has 2 atom stereocenters. The Morgan fingerprint density at radius 1 is 1.53 bits per heavy atom. The molecule has 0 aromatic carbocycles. The van der Waals surface area contributed by atoms with Crippen LogP contribution < -0.4 is 5.32 Å². The molecule has 1 amide bonds. The summed E-state index contributed by atoms with van der Waals surface area (Å²) in [5.41, 5.74) is 0.0648. The minimum Gasteiger partial charge on any atom is -0.477 e. The number of aliphatic carboxylic acids is 1. The molecule has 1 fully saturated rings. The smallest absolute Gasteiger partial charge is 0.353 e. The number of oxime groups is 1. The highest BCUT2D eigenvalue weighted by molar-refractivity contribution is 6.35. The van der Waals surface area contributed by atoms with Gasteiger partial charge in [-0.15, -0.1) is 0 Å². The van der Waals surface area contributed by atoms with Crippen molar-refractivity contribution in [3.63, 3.8) is 0 Å².